The Kier molecular flexibility index (Phi) is 5.49. The Labute approximate surface area is 138 Å². The molecule has 1 aliphatic heterocycles. The number of ether oxygens (including phenoxy) is 1. The van der Waals surface area contributed by atoms with Crippen molar-refractivity contribution in [3.05, 3.63) is 29.9 Å². The summed E-state index contributed by atoms with van der Waals surface area (Å²) in [6, 6.07) is 0. The predicted molar refractivity (Wildman–Crippen MR) is 88.8 cm³/mol. The van der Waals surface area contributed by atoms with Crippen LogP contribution in [0.15, 0.2) is 24.2 Å². The molecular weight excluding hydrogens is 290 g/mol. The van der Waals surface area contributed by atoms with Crippen molar-refractivity contribution in [2.24, 2.45) is 5.92 Å². The summed E-state index contributed by atoms with van der Waals surface area (Å²) >= 11 is 0. The van der Waals surface area contributed by atoms with E-state index in [4.69, 9.17) is 4.74 Å². The fraction of sp³-hybridized carbons (Fsp3) is 0.667. The first-order valence-corrected chi connectivity index (χ1v) is 8.78. The van der Waals surface area contributed by atoms with Crippen LogP contribution in [0.5, 0.6) is 0 Å². The molecule has 0 fully saturated rings. The number of hydrogen-bond donors (Lipinski definition) is 0. The largest absolute Gasteiger partial charge is 0.381 e. The van der Waals surface area contributed by atoms with Crippen molar-refractivity contribution in [1.82, 2.24) is 14.5 Å². The van der Waals surface area contributed by atoms with Gasteiger partial charge in [-0.05, 0) is 32.6 Å². The van der Waals surface area contributed by atoms with Crippen LogP contribution in [0.4, 0.5) is 0 Å². The number of carbonyl (C=O) groups excluding carboxylic acids is 1. The zero-order valence-electron chi connectivity index (χ0n) is 14.0. The highest BCUT2D eigenvalue weighted by molar-refractivity contribution is 5.78. The standard InChI is InChI=1S/C18H27N3O2/c1-2-23-13-16-10-20(12-17-9-19-14-21(17)11-16)18(22)8-15-6-4-3-5-7-15/h6,9,14,16H,2-5,7-8,10-13H2,1H3/t16-/m0/s1. The molecule has 23 heavy (non-hydrogen) atoms. The van der Waals surface area contributed by atoms with E-state index in [2.05, 4.69) is 15.6 Å². The second kappa shape index (κ2) is 7.77. The molecule has 0 saturated carbocycles. The number of imidazole rings is 1. The molecule has 126 valence electrons. The molecule has 1 aliphatic carbocycles. The lowest BCUT2D eigenvalue weighted by Gasteiger charge is -2.25. The van der Waals surface area contributed by atoms with E-state index in [0.29, 0.717) is 32.1 Å². The second-order valence-corrected chi connectivity index (χ2v) is 6.62. The summed E-state index contributed by atoms with van der Waals surface area (Å²) in [5.41, 5.74) is 2.44. The van der Waals surface area contributed by atoms with Crippen molar-refractivity contribution in [3.8, 4) is 0 Å². The number of hydrogen-bond acceptors (Lipinski definition) is 3. The van der Waals surface area contributed by atoms with Crippen LogP contribution in [0.2, 0.25) is 0 Å². The third-order valence-electron chi connectivity index (χ3n) is 4.76. The van der Waals surface area contributed by atoms with Gasteiger partial charge in [0.15, 0.2) is 0 Å². The molecule has 5 heteroatoms. The third kappa shape index (κ3) is 4.22. The molecule has 1 aromatic heterocycles. The zero-order chi connectivity index (χ0) is 16.1. The van der Waals surface area contributed by atoms with Gasteiger partial charge in [-0.1, -0.05) is 11.6 Å². The molecule has 1 amide bonds. The summed E-state index contributed by atoms with van der Waals surface area (Å²) in [5.74, 6) is 0.573. The average Bonchev–Trinajstić information content (AvgIpc) is 2.92. The third-order valence-corrected chi connectivity index (χ3v) is 4.76. The van der Waals surface area contributed by atoms with E-state index in [1.807, 2.05) is 24.3 Å². The number of nitrogens with zero attached hydrogens (tertiary/aromatic N) is 3. The summed E-state index contributed by atoms with van der Waals surface area (Å²) in [5, 5.41) is 0. The topological polar surface area (TPSA) is 47.4 Å². The van der Waals surface area contributed by atoms with Gasteiger partial charge in [0, 0.05) is 38.2 Å². The fourth-order valence-corrected chi connectivity index (χ4v) is 3.50. The van der Waals surface area contributed by atoms with E-state index in [-0.39, 0.29) is 5.91 Å². The van der Waals surface area contributed by atoms with Gasteiger partial charge >= 0.3 is 0 Å². The van der Waals surface area contributed by atoms with Gasteiger partial charge in [0.2, 0.25) is 5.91 Å². The van der Waals surface area contributed by atoms with Crippen molar-refractivity contribution < 1.29 is 9.53 Å². The molecule has 0 bridgehead atoms. The van der Waals surface area contributed by atoms with Crippen molar-refractivity contribution in [1.29, 1.82) is 0 Å². The molecule has 0 aromatic carbocycles. The van der Waals surface area contributed by atoms with Gasteiger partial charge in [0.05, 0.1) is 25.2 Å². The van der Waals surface area contributed by atoms with Crippen LogP contribution in [-0.2, 0) is 22.6 Å². The van der Waals surface area contributed by atoms with Crippen molar-refractivity contribution in [2.45, 2.75) is 52.1 Å². The molecule has 0 radical (unpaired) electrons. The van der Waals surface area contributed by atoms with Gasteiger partial charge in [0.25, 0.3) is 0 Å². The van der Waals surface area contributed by atoms with Crippen LogP contribution in [0.25, 0.3) is 0 Å². The second-order valence-electron chi connectivity index (χ2n) is 6.62. The molecule has 2 heterocycles. The first-order chi connectivity index (χ1) is 11.3. The normalized spacial score (nSPS) is 21.5. The summed E-state index contributed by atoms with van der Waals surface area (Å²) < 4.78 is 7.78. The maximum atomic E-state index is 12.8. The Bertz CT molecular complexity index is 564. The number of aromatic nitrogens is 2. The van der Waals surface area contributed by atoms with Crippen LogP contribution in [-0.4, -0.2) is 40.1 Å². The van der Waals surface area contributed by atoms with Crippen LogP contribution in [0.3, 0.4) is 0 Å². The van der Waals surface area contributed by atoms with Crippen LogP contribution >= 0.6 is 0 Å². The molecule has 0 saturated heterocycles. The maximum absolute atomic E-state index is 12.8. The average molecular weight is 317 g/mol. The summed E-state index contributed by atoms with van der Waals surface area (Å²) in [7, 11) is 0. The molecule has 0 N–H and O–H groups in total. The molecule has 5 nitrogen and oxygen atoms in total. The van der Waals surface area contributed by atoms with E-state index < -0.39 is 0 Å². The predicted octanol–water partition coefficient (Wildman–Crippen LogP) is 2.77. The van der Waals surface area contributed by atoms with Crippen LogP contribution in [0.1, 0.15) is 44.7 Å². The Balaban J connectivity index is 1.69. The van der Waals surface area contributed by atoms with Crippen molar-refractivity contribution in [2.75, 3.05) is 19.8 Å². The van der Waals surface area contributed by atoms with E-state index >= 15 is 0 Å². The first kappa shape index (κ1) is 16.2. The van der Waals surface area contributed by atoms with E-state index in [1.54, 1.807) is 0 Å². The van der Waals surface area contributed by atoms with Gasteiger partial charge in [-0.15, -0.1) is 0 Å². The highest BCUT2D eigenvalue weighted by Gasteiger charge is 2.25. The number of amides is 1. The minimum atomic E-state index is 0.245. The minimum Gasteiger partial charge on any atom is -0.381 e. The molecule has 2 aliphatic rings. The molecule has 0 spiro atoms. The summed E-state index contributed by atoms with van der Waals surface area (Å²) in [6.07, 6.45) is 11.3. The zero-order valence-corrected chi connectivity index (χ0v) is 14.0. The smallest absolute Gasteiger partial charge is 0.227 e. The first-order valence-electron chi connectivity index (χ1n) is 8.78. The van der Waals surface area contributed by atoms with Crippen molar-refractivity contribution >= 4 is 5.91 Å². The Morgan fingerprint density at radius 2 is 2.30 bits per heavy atom. The van der Waals surface area contributed by atoms with E-state index in [1.165, 1.54) is 18.4 Å². The molecule has 1 atom stereocenters. The van der Waals surface area contributed by atoms with Gasteiger partial charge in [-0.25, -0.2) is 4.98 Å². The lowest BCUT2D eigenvalue weighted by atomic mass is 9.96. The number of carbonyl (C=O) groups is 1. The lowest BCUT2D eigenvalue weighted by molar-refractivity contribution is -0.131. The highest BCUT2D eigenvalue weighted by Crippen LogP contribution is 2.23. The highest BCUT2D eigenvalue weighted by atomic mass is 16.5. The Hall–Kier alpha value is -1.62. The van der Waals surface area contributed by atoms with Crippen LogP contribution in [0, 0.1) is 5.92 Å². The minimum absolute atomic E-state index is 0.245. The monoisotopic (exact) mass is 317 g/mol. The molecular formula is C18H27N3O2. The molecule has 3 rings (SSSR count). The lowest BCUT2D eigenvalue weighted by Crippen LogP contribution is -2.35. The Morgan fingerprint density at radius 1 is 1.39 bits per heavy atom. The van der Waals surface area contributed by atoms with Gasteiger partial charge in [-0.3, -0.25) is 4.79 Å². The maximum Gasteiger partial charge on any atom is 0.227 e. The fourth-order valence-electron chi connectivity index (χ4n) is 3.50. The van der Waals surface area contributed by atoms with Crippen molar-refractivity contribution in [3.63, 3.8) is 0 Å². The quantitative estimate of drug-likeness (QED) is 0.785. The van der Waals surface area contributed by atoms with E-state index in [9.17, 15) is 4.79 Å². The number of allylic oxidation sites excluding steroid dienone is 1. The SMILES string of the molecule is CCOC[C@H]1CN(C(=O)CC2=CCCCC2)Cc2cncn2C1. The van der Waals surface area contributed by atoms with Gasteiger partial charge < -0.3 is 14.2 Å². The van der Waals surface area contributed by atoms with E-state index in [0.717, 1.165) is 31.6 Å². The van der Waals surface area contributed by atoms with Gasteiger partial charge in [0.1, 0.15) is 0 Å². The molecule has 0 unspecified atom stereocenters. The number of fused-ring (bicyclic) bond motifs is 1. The molecule has 1 aromatic rings. The number of rotatable bonds is 5. The van der Waals surface area contributed by atoms with Gasteiger partial charge in [-0.2, -0.15) is 0 Å². The Morgan fingerprint density at radius 3 is 3.09 bits per heavy atom. The summed E-state index contributed by atoms with van der Waals surface area (Å²) in [4.78, 5) is 19.0. The van der Waals surface area contributed by atoms with Crippen LogP contribution < -0.4 is 0 Å². The summed E-state index contributed by atoms with van der Waals surface area (Å²) in [6.45, 7) is 5.73.